The third-order valence-corrected chi connectivity index (χ3v) is 4.80. The van der Waals surface area contributed by atoms with Crippen molar-refractivity contribution in [2.45, 2.75) is 17.4 Å². The Balaban J connectivity index is 2.07. The van der Waals surface area contributed by atoms with Gasteiger partial charge in [-0.05, 0) is 36.4 Å². The van der Waals surface area contributed by atoms with Gasteiger partial charge in [-0.15, -0.1) is 0 Å². The van der Waals surface area contributed by atoms with Gasteiger partial charge in [0.05, 0.1) is 4.90 Å². The molecule has 1 saturated heterocycles. The fourth-order valence-corrected chi connectivity index (χ4v) is 3.38. The van der Waals surface area contributed by atoms with Crippen molar-refractivity contribution < 1.29 is 13.2 Å². The summed E-state index contributed by atoms with van der Waals surface area (Å²) in [5, 5.41) is 7.90. The van der Waals surface area contributed by atoms with Crippen molar-refractivity contribution in [2.75, 3.05) is 11.5 Å². The largest absolute Gasteiger partial charge is 0.348 e. The molecular formula is C11H14N2O3S2. The van der Waals surface area contributed by atoms with Crippen LogP contribution in [-0.4, -0.2) is 31.9 Å². The van der Waals surface area contributed by atoms with Gasteiger partial charge in [0.15, 0.2) is 0 Å². The molecule has 1 heterocycles. The van der Waals surface area contributed by atoms with Crippen LogP contribution in [0.15, 0.2) is 29.2 Å². The Morgan fingerprint density at radius 3 is 2.50 bits per heavy atom. The van der Waals surface area contributed by atoms with Crippen LogP contribution in [-0.2, 0) is 10.0 Å². The zero-order chi connectivity index (χ0) is 13.2. The first-order valence-electron chi connectivity index (χ1n) is 5.48. The molecule has 3 N–H and O–H groups in total. The normalized spacial score (nSPS) is 19.7. The molecule has 1 fully saturated rings. The van der Waals surface area contributed by atoms with Crippen LogP contribution in [0.1, 0.15) is 16.8 Å². The maximum absolute atomic E-state index is 11.9. The zero-order valence-corrected chi connectivity index (χ0v) is 11.3. The van der Waals surface area contributed by atoms with Gasteiger partial charge >= 0.3 is 0 Å². The van der Waals surface area contributed by atoms with Gasteiger partial charge in [-0.1, -0.05) is 0 Å². The fraction of sp³-hybridized carbons (Fsp3) is 0.364. The Hall–Kier alpha value is -1.05. The predicted octanol–water partition coefficient (Wildman–Crippen LogP) is 0.569. The number of rotatable bonds is 3. The maximum atomic E-state index is 11.9. The highest BCUT2D eigenvalue weighted by Gasteiger charge is 2.18. The Morgan fingerprint density at radius 1 is 1.33 bits per heavy atom. The lowest BCUT2D eigenvalue weighted by molar-refractivity contribution is 0.0941. The standard InChI is InChI=1S/C11H14N2O3S2/c12-18(15,16)10-3-1-8(2-4-10)11(14)13-9-5-6-17-7-9/h1-4,9H,5-7H2,(H,13,14)(H2,12,15,16)/t9-/m0/s1. The molecule has 1 atom stereocenters. The molecule has 1 aromatic carbocycles. The van der Waals surface area contributed by atoms with Gasteiger partial charge < -0.3 is 5.32 Å². The molecule has 2 rings (SSSR count). The molecule has 1 amide bonds. The van der Waals surface area contributed by atoms with Crippen LogP contribution in [0, 0.1) is 0 Å². The van der Waals surface area contributed by atoms with E-state index in [0.29, 0.717) is 5.56 Å². The van der Waals surface area contributed by atoms with Crippen molar-refractivity contribution in [1.82, 2.24) is 5.32 Å². The predicted molar refractivity (Wildman–Crippen MR) is 71.0 cm³/mol. The summed E-state index contributed by atoms with van der Waals surface area (Å²) >= 11 is 1.81. The van der Waals surface area contributed by atoms with E-state index < -0.39 is 10.0 Å². The number of carbonyl (C=O) groups excluding carboxylic acids is 1. The molecule has 1 aromatic rings. The second-order valence-electron chi connectivity index (χ2n) is 4.10. The lowest BCUT2D eigenvalue weighted by Gasteiger charge is -2.11. The van der Waals surface area contributed by atoms with Crippen LogP contribution in [0.5, 0.6) is 0 Å². The number of hydrogen-bond acceptors (Lipinski definition) is 4. The lowest BCUT2D eigenvalue weighted by Crippen LogP contribution is -2.34. The minimum Gasteiger partial charge on any atom is -0.348 e. The van der Waals surface area contributed by atoms with E-state index in [9.17, 15) is 13.2 Å². The van der Waals surface area contributed by atoms with Crippen molar-refractivity contribution in [3.05, 3.63) is 29.8 Å². The summed E-state index contributed by atoms with van der Waals surface area (Å²) < 4.78 is 22.1. The number of primary sulfonamides is 1. The van der Waals surface area contributed by atoms with Crippen molar-refractivity contribution >= 4 is 27.7 Å². The molecule has 0 unspecified atom stereocenters. The van der Waals surface area contributed by atoms with Crippen LogP contribution in [0.25, 0.3) is 0 Å². The van der Waals surface area contributed by atoms with E-state index >= 15 is 0 Å². The molecule has 0 aliphatic carbocycles. The number of nitrogens with two attached hydrogens (primary N) is 1. The topological polar surface area (TPSA) is 89.3 Å². The highest BCUT2D eigenvalue weighted by atomic mass is 32.2. The number of amides is 1. The number of thioether (sulfide) groups is 1. The maximum Gasteiger partial charge on any atom is 0.251 e. The first-order chi connectivity index (χ1) is 8.47. The Kier molecular flexibility index (Phi) is 3.94. The Morgan fingerprint density at radius 2 is 2.00 bits per heavy atom. The van der Waals surface area contributed by atoms with Gasteiger partial charge in [-0.25, -0.2) is 13.6 Å². The first-order valence-corrected chi connectivity index (χ1v) is 8.18. The van der Waals surface area contributed by atoms with Crippen LogP contribution in [0.3, 0.4) is 0 Å². The van der Waals surface area contributed by atoms with Crippen LogP contribution in [0.4, 0.5) is 0 Å². The molecule has 0 spiro atoms. The molecule has 1 aliphatic heterocycles. The fourth-order valence-electron chi connectivity index (χ4n) is 1.71. The highest BCUT2D eigenvalue weighted by Crippen LogP contribution is 2.17. The van der Waals surface area contributed by atoms with E-state index in [-0.39, 0.29) is 16.8 Å². The average Bonchev–Trinajstić information content (AvgIpc) is 2.81. The smallest absolute Gasteiger partial charge is 0.251 e. The van der Waals surface area contributed by atoms with Gasteiger partial charge in [0.1, 0.15) is 0 Å². The summed E-state index contributed by atoms with van der Waals surface area (Å²) in [6, 6.07) is 5.83. The highest BCUT2D eigenvalue weighted by molar-refractivity contribution is 7.99. The van der Waals surface area contributed by atoms with Crippen molar-refractivity contribution in [3.8, 4) is 0 Å². The molecule has 0 bridgehead atoms. The zero-order valence-electron chi connectivity index (χ0n) is 9.63. The van der Waals surface area contributed by atoms with E-state index in [4.69, 9.17) is 5.14 Å². The minimum atomic E-state index is -3.70. The van der Waals surface area contributed by atoms with E-state index in [1.54, 1.807) is 0 Å². The molecule has 0 aromatic heterocycles. The van der Waals surface area contributed by atoms with Gasteiger partial charge in [0.25, 0.3) is 5.91 Å². The van der Waals surface area contributed by atoms with Crippen LogP contribution >= 0.6 is 11.8 Å². The Labute approximate surface area is 110 Å². The summed E-state index contributed by atoms with van der Waals surface area (Å²) in [5.74, 6) is 1.82. The third-order valence-electron chi connectivity index (χ3n) is 2.71. The molecule has 0 radical (unpaired) electrons. The monoisotopic (exact) mass is 286 g/mol. The van der Waals surface area contributed by atoms with Gasteiger partial charge in [-0.2, -0.15) is 11.8 Å². The van der Waals surface area contributed by atoms with Gasteiger partial charge in [0.2, 0.25) is 10.0 Å². The summed E-state index contributed by atoms with van der Waals surface area (Å²) in [7, 11) is -3.70. The molecule has 0 saturated carbocycles. The number of nitrogens with one attached hydrogen (secondary N) is 1. The van der Waals surface area contributed by atoms with Crippen molar-refractivity contribution in [2.24, 2.45) is 5.14 Å². The van der Waals surface area contributed by atoms with Gasteiger partial charge in [0, 0.05) is 17.4 Å². The van der Waals surface area contributed by atoms with E-state index in [2.05, 4.69) is 5.32 Å². The summed E-state index contributed by atoms with van der Waals surface area (Å²) in [4.78, 5) is 11.9. The second kappa shape index (κ2) is 5.29. The number of hydrogen-bond donors (Lipinski definition) is 2. The van der Waals surface area contributed by atoms with Crippen LogP contribution in [0.2, 0.25) is 0 Å². The van der Waals surface area contributed by atoms with E-state index in [0.717, 1.165) is 17.9 Å². The third kappa shape index (κ3) is 3.24. The van der Waals surface area contributed by atoms with Gasteiger partial charge in [-0.3, -0.25) is 4.79 Å². The average molecular weight is 286 g/mol. The molecule has 1 aliphatic rings. The number of benzene rings is 1. The molecule has 98 valence electrons. The summed E-state index contributed by atoms with van der Waals surface area (Å²) in [6.45, 7) is 0. The molecule has 7 heteroatoms. The second-order valence-corrected chi connectivity index (χ2v) is 6.81. The lowest BCUT2D eigenvalue weighted by atomic mass is 10.2. The number of sulfonamides is 1. The summed E-state index contributed by atoms with van der Waals surface area (Å²) in [5.41, 5.74) is 0.444. The van der Waals surface area contributed by atoms with Crippen molar-refractivity contribution in [1.29, 1.82) is 0 Å². The van der Waals surface area contributed by atoms with Crippen molar-refractivity contribution in [3.63, 3.8) is 0 Å². The number of carbonyl (C=O) groups is 1. The SMILES string of the molecule is NS(=O)(=O)c1ccc(C(=O)N[C@H]2CCSC2)cc1. The quantitative estimate of drug-likeness (QED) is 0.850. The Bertz CT molecular complexity index is 534. The van der Waals surface area contributed by atoms with E-state index in [1.165, 1.54) is 24.3 Å². The summed E-state index contributed by atoms with van der Waals surface area (Å²) in [6.07, 6.45) is 0.978. The molecule has 18 heavy (non-hydrogen) atoms. The molecular weight excluding hydrogens is 272 g/mol. The first kappa shape index (κ1) is 13.4. The van der Waals surface area contributed by atoms with Crippen LogP contribution < -0.4 is 10.5 Å². The van der Waals surface area contributed by atoms with E-state index in [1.807, 2.05) is 11.8 Å². The minimum absolute atomic E-state index is 0.00970. The molecule has 5 nitrogen and oxygen atoms in total.